The van der Waals surface area contributed by atoms with E-state index in [0.717, 1.165) is 38.5 Å². The molecule has 0 aliphatic rings. The molecular formula is C33H62O5. The van der Waals surface area contributed by atoms with E-state index in [4.69, 9.17) is 9.47 Å². The zero-order valence-corrected chi connectivity index (χ0v) is 25.2. The first-order valence-corrected chi connectivity index (χ1v) is 16.2. The Morgan fingerprint density at radius 1 is 0.579 bits per heavy atom. The van der Waals surface area contributed by atoms with Gasteiger partial charge in [-0.1, -0.05) is 129 Å². The second kappa shape index (κ2) is 30.2. The standard InChI is InChI=1S/C33H62O5/c1-3-5-7-9-11-12-13-14-15-16-17-18-19-20-22-24-26-28-33(36)38-31(29-34)30-37-32(35)27-25-23-21-10-8-6-4-2/h14-15,31,34H,3-13,16-30H2,1-2H3/b15-14+/t31-/m0/s1. The number of aliphatic hydroxyl groups is 1. The van der Waals surface area contributed by atoms with Crippen molar-refractivity contribution in [3.63, 3.8) is 0 Å². The van der Waals surface area contributed by atoms with E-state index in [0.29, 0.717) is 12.8 Å². The molecule has 0 spiro atoms. The zero-order valence-electron chi connectivity index (χ0n) is 25.2. The average molecular weight is 539 g/mol. The summed E-state index contributed by atoms with van der Waals surface area (Å²) in [4.78, 5) is 23.9. The second-order valence-electron chi connectivity index (χ2n) is 10.9. The molecule has 0 aromatic rings. The molecule has 0 aromatic carbocycles. The highest BCUT2D eigenvalue weighted by molar-refractivity contribution is 5.70. The van der Waals surface area contributed by atoms with Crippen LogP contribution in [-0.2, 0) is 19.1 Å². The van der Waals surface area contributed by atoms with Crippen LogP contribution in [0.1, 0.15) is 168 Å². The summed E-state index contributed by atoms with van der Waals surface area (Å²) < 4.78 is 10.5. The van der Waals surface area contributed by atoms with Crippen molar-refractivity contribution in [3.8, 4) is 0 Å². The van der Waals surface area contributed by atoms with Crippen molar-refractivity contribution >= 4 is 11.9 Å². The lowest BCUT2D eigenvalue weighted by atomic mass is 10.1. The third kappa shape index (κ3) is 27.7. The van der Waals surface area contributed by atoms with E-state index in [1.807, 2.05) is 0 Å². The Balaban J connectivity index is 3.54. The van der Waals surface area contributed by atoms with Crippen LogP contribution in [0.5, 0.6) is 0 Å². The van der Waals surface area contributed by atoms with Crippen molar-refractivity contribution in [1.29, 1.82) is 0 Å². The van der Waals surface area contributed by atoms with E-state index in [9.17, 15) is 14.7 Å². The molecule has 38 heavy (non-hydrogen) atoms. The third-order valence-electron chi connectivity index (χ3n) is 7.06. The molecule has 5 nitrogen and oxygen atoms in total. The number of rotatable bonds is 29. The molecule has 0 saturated carbocycles. The van der Waals surface area contributed by atoms with Gasteiger partial charge in [0.05, 0.1) is 6.61 Å². The summed E-state index contributed by atoms with van der Waals surface area (Å²) in [6.45, 7) is 4.07. The number of hydrogen-bond donors (Lipinski definition) is 1. The van der Waals surface area contributed by atoms with Crippen LogP contribution in [0.4, 0.5) is 0 Å². The normalized spacial score (nSPS) is 12.2. The Kier molecular flexibility index (Phi) is 29.1. The highest BCUT2D eigenvalue weighted by Gasteiger charge is 2.16. The highest BCUT2D eigenvalue weighted by atomic mass is 16.6. The van der Waals surface area contributed by atoms with Crippen LogP contribution >= 0.6 is 0 Å². The molecule has 0 rings (SSSR count). The molecule has 0 aromatic heterocycles. The van der Waals surface area contributed by atoms with E-state index in [1.54, 1.807) is 0 Å². The van der Waals surface area contributed by atoms with Gasteiger partial charge in [-0.2, -0.15) is 0 Å². The molecular weight excluding hydrogens is 476 g/mol. The summed E-state index contributed by atoms with van der Waals surface area (Å²) in [7, 11) is 0. The molecule has 5 heteroatoms. The van der Waals surface area contributed by atoms with E-state index in [1.165, 1.54) is 103 Å². The van der Waals surface area contributed by atoms with Crippen LogP contribution in [0.25, 0.3) is 0 Å². The van der Waals surface area contributed by atoms with Gasteiger partial charge in [0.25, 0.3) is 0 Å². The summed E-state index contributed by atoms with van der Waals surface area (Å²) in [6, 6.07) is 0. The quantitative estimate of drug-likeness (QED) is 0.0583. The predicted octanol–water partition coefficient (Wildman–Crippen LogP) is 9.39. The predicted molar refractivity (Wildman–Crippen MR) is 159 cm³/mol. The van der Waals surface area contributed by atoms with Crippen molar-refractivity contribution < 1.29 is 24.2 Å². The molecule has 0 saturated heterocycles. The maximum atomic E-state index is 12.1. The first kappa shape index (κ1) is 36.6. The topological polar surface area (TPSA) is 72.8 Å². The minimum atomic E-state index is -0.764. The smallest absolute Gasteiger partial charge is 0.306 e. The monoisotopic (exact) mass is 538 g/mol. The van der Waals surface area contributed by atoms with Gasteiger partial charge in [-0.25, -0.2) is 0 Å². The van der Waals surface area contributed by atoms with Crippen molar-refractivity contribution in [2.75, 3.05) is 13.2 Å². The molecule has 0 aliphatic carbocycles. The molecule has 1 atom stereocenters. The molecule has 0 amide bonds. The summed E-state index contributed by atoms with van der Waals surface area (Å²) in [5, 5.41) is 9.45. The first-order valence-electron chi connectivity index (χ1n) is 16.2. The van der Waals surface area contributed by atoms with Crippen LogP contribution in [0, 0.1) is 0 Å². The lowest BCUT2D eigenvalue weighted by molar-refractivity contribution is -0.161. The van der Waals surface area contributed by atoms with Crippen molar-refractivity contribution in [2.24, 2.45) is 0 Å². The number of aliphatic hydroxyl groups excluding tert-OH is 1. The van der Waals surface area contributed by atoms with Crippen LogP contribution in [0.3, 0.4) is 0 Å². The third-order valence-corrected chi connectivity index (χ3v) is 7.06. The Bertz CT molecular complexity index is 546. The lowest BCUT2D eigenvalue weighted by Crippen LogP contribution is -2.28. The van der Waals surface area contributed by atoms with Gasteiger partial charge in [-0.15, -0.1) is 0 Å². The largest absolute Gasteiger partial charge is 0.462 e. The summed E-state index contributed by atoms with van der Waals surface area (Å²) >= 11 is 0. The molecule has 0 unspecified atom stereocenters. The fourth-order valence-electron chi connectivity index (χ4n) is 4.55. The Labute approximate surface area is 235 Å². The molecule has 0 heterocycles. The Hall–Kier alpha value is -1.36. The number of esters is 2. The molecule has 224 valence electrons. The highest BCUT2D eigenvalue weighted by Crippen LogP contribution is 2.12. The second-order valence-corrected chi connectivity index (χ2v) is 10.9. The fourth-order valence-corrected chi connectivity index (χ4v) is 4.55. The first-order chi connectivity index (χ1) is 18.6. The van der Waals surface area contributed by atoms with Crippen molar-refractivity contribution in [2.45, 2.75) is 174 Å². The molecule has 0 radical (unpaired) electrons. The fraction of sp³-hybridized carbons (Fsp3) is 0.879. The van der Waals surface area contributed by atoms with Gasteiger partial charge in [-0.3, -0.25) is 9.59 Å². The van der Waals surface area contributed by atoms with Crippen LogP contribution in [-0.4, -0.2) is 36.4 Å². The minimum Gasteiger partial charge on any atom is -0.462 e. The maximum absolute atomic E-state index is 12.1. The van der Waals surface area contributed by atoms with E-state index < -0.39 is 6.10 Å². The number of carbonyl (C=O) groups excluding carboxylic acids is 2. The van der Waals surface area contributed by atoms with Crippen molar-refractivity contribution in [3.05, 3.63) is 12.2 Å². The van der Waals surface area contributed by atoms with Gasteiger partial charge >= 0.3 is 11.9 Å². The number of unbranched alkanes of at least 4 members (excludes halogenated alkanes) is 19. The lowest BCUT2D eigenvalue weighted by Gasteiger charge is -2.15. The minimum absolute atomic E-state index is 0.0637. The van der Waals surface area contributed by atoms with Crippen LogP contribution in [0.2, 0.25) is 0 Å². The average Bonchev–Trinajstić information content (AvgIpc) is 2.92. The maximum Gasteiger partial charge on any atom is 0.306 e. The van der Waals surface area contributed by atoms with Crippen LogP contribution < -0.4 is 0 Å². The number of hydrogen-bond acceptors (Lipinski definition) is 5. The zero-order chi connectivity index (χ0) is 27.9. The molecule has 0 bridgehead atoms. The van der Waals surface area contributed by atoms with E-state index >= 15 is 0 Å². The van der Waals surface area contributed by atoms with Gasteiger partial charge in [0.2, 0.25) is 0 Å². The summed E-state index contributed by atoms with van der Waals surface area (Å²) in [6.07, 6.45) is 31.3. The van der Waals surface area contributed by atoms with E-state index in [2.05, 4.69) is 26.0 Å². The Morgan fingerprint density at radius 2 is 0.974 bits per heavy atom. The van der Waals surface area contributed by atoms with Gasteiger partial charge in [0.15, 0.2) is 6.10 Å². The number of carbonyl (C=O) groups is 2. The molecule has 0 aliphatic heterocycles. The number of ether oxygens (including phenoxy) is 2. The molecule has 0 fully saturated rings. The van der Waals surface area contributed by atoms with Gasteiger partial charge in [-0.05, 0) is 38.5 Å². The molecule has 1 N–H and O–H groups in total. The summed E-state index contributed by atoms with van der Waals surface area (Å²) in [5.74, 6) is -0.600. The summed E-state index contributed by atoms with van der Waals surface area (Å²) in [5.41, 5.74) is 0. The van der Waals surface area contributed by atoms with Crippen LogP contribution in [0.15, 0.2) is 12.2 Å². The SMILES string of the molecule is CCCCCCCC/C=C/CCCCCCCCCC(=O)O[C@@H](CO)COC(=O)CCCCCCCCC. The Morgan fingerprint density at radius 3 is 1.42 bits per heavy atom. The number of allylic oxidation sites excluding steroid dienone is 2. The van der Waals surface area contributed by atoms with Gasteiger partial charge in [0, 0.05) is 12.8 Å². The van der Waals surface area contributed by atoms with Gasteiger partial charge in [0.1, 0.15) is 6.61 Å². The van der Waals surface area contributed by atoms with Gasteiger partial charge < -0.3 is 14.6 Å². The van der Waals surface area contributed by atoms with Crippen molar-refractivity contribution in [1.82, 2.24) is 0 Å². The van der Waals surface area contributed by atoms with E-state index in [-0.39, 0.29) is 25.2 Å².